The number of hydrogen-bond donors (Lipinski definition) is 1. The zero-order chi connectivity index (χ0) is 23.0. The van der Waals surface area contributed by atoms with Gasteiger partial charge in [0.25, 0.3) is 0 Å². The Kier molecular flexibility index (Phi) is 6.27. The number of ether oxygens (including phenoxy) is 1. The second-order valence-corrected chi connectivity index (χ2v) is 10.5. The first-order valence-corrected chi connectivity index (χ1v) is 11.8. The van der Waals surface area contributed by atoms with Crippen molar-refractivity contribution in [2.24, 2.45) is 0 Å². The molecule has 0 radical (unpaired) electrons. The van der Waals surface area contributed by atoms with Gasteiger partial charge in [0.05, 0.1) is 16.9 Å². The van der Waals surface area contributed by atoms with Crippen molar-refractivity contribution in [3.63, 3.8) is 0 Å². The topological polar surface area (TPSA) is 80.0 Å². The fraction of sp³-hybridized carbons (Fsp3) is 0.458. The van der Waals surface area contributed by atoms with Gasteiger partial charge in [0.1, 0.15) is 5.82 Å². The zero-order valence-corrected chi connectivity index (χ0v) is 20.5. The van der Waals surface area contributed by atoms with E-state index in [-0.39, 0.29) is 0 Å². The summed E-state index contributed by atoms with van der Waals surface area (Å²) in [5.74, 6) is -0.276. The Morgan fingerprint density at radius 2 is 1.88 bits per heavy atom. The minimum atomic E-state index is -1.15. The molecular weight excluding hydrogens is 472 g/mol. The first kappa shape index (κ1) is 22.7. The smallest absolute Gasteiger partial charge is 0.337 e. The van der Waals surface area contributed by atoms with Crippen molar-refractivity contribution in [2.45, 2.75) is 57.1 Å². The number of aromatic nitrogens is 3. The van der Waals surface area contributed by atoms with Crippen LogP contribution >= 0.6 is 15.9 Å². The summed E-state index contributed by atoms with van der Waals surface area (Å²) in [5, 5.41) is 15.0. The molecule has 0 bridgehead atoms. The maximum absolute atomic E-state index is 12.4. The lowest BCUT2D eigenvalue weighted by molar-refractivity contribution is -0.160. The Hall–Kier alpha value is -2.45. The Labute approximate surface area is 196 Å². The number of anilines is 1. The summed E-state index contributed by atoms with van der Waals surface area (Å²) in [6.07, 6.45) is 0.785. The Morgan fingerprint density at radius 1 is 1.22 bits per heavy atom. The normalized spacial score (nSPS) is 16.5. The monoisotopic (exact) mass is 500 g/mol. The van der Waals surface area contributed by atoms with Crippen molar-refractivity contribution in [2.75, 3.05) is 18.0 Å². The van der Waals surface area contributed by atoms with E-state index in [0.29, 0.717) is 21.7 Å². The standard InChI is InChI=1S/C24H29BrN4O3/c1-15-20(21(23(30)31)32-24(2,3)4)22(28-12-10-17(25)11-13-28)29-19(26-15)14-18(27-29)16-8-6-5-7-9-16/h5-9,14,17,21H,10-13H2,1-4H3,(H,30,31). The van der Waals surface area contributed by atoms with Gasteiger partial charge in [-0.05, 0) is 40.5 Å². The summed E-state index contributed by atoms with van der Waals surface area (Å²) in [6.45, 7) is 9.03. The Balaban J connectivity index is 1.94. The lowest BCUT2D eigenvalue weighted by Crippen LogP contribution is -2.38. The van der Waals surface area contributed by atoms with Crippen LogP contribution < -0.4 is 4.90 Å². The van der Waals surface area contributed by atoms with Crippen LogP contribution in [0.4, 0.5) is 5.82 Å². The van der Waals surface area contributed by atoms with E-state index >= 15 is 0 Å². The van der Waals surface area contributed by atoms with E-state index in [1.807, 2.05) is 64.1 Å². The van der Waals surface area contributed by atoms with Gasteiger partial charge in [0.15, 0.2) is 11.8 Å². The first-order chi connectivity index (χ1) is 15.1. The van der Waals surface area contributed by atoms with E-state index < -0.39 is 17.7 Å². The highest BCUT2D eigenvalue weighted by molar-refractivity contribution is 9.09. The molecule has 0 spiro atoms. The number of carboxylic acids is 1. The van der Waals surface area contributed by atoms with Crippen molar-refractivity contribution in [3.8, 4) is 11.3 Å². The molecular formula is C24H29BrN4O3. The van der Waals surface area contributed by atoms with Crippen molar-refractivity contribution < 1.29 is 14.6 Å². The molecule has 1 aliphatic heterocycles. The summed E-state index contributed by atoms with van der Waals surface area (Å²) < 4.78 is 7.84. The predicted molar refractivity (Wildman–Crippen MR) is 129 cm³/mol. The molecule has 4 rings (SSSR count). The van der Waals surface area contributed by atoms with Crippen LogP contribution in [0.2, 0.25) is 0 Å². The number of rotatable bonds is 5. The number of fused-ring (bicyclic) bond motifs is 1. The molecule has 1 aliphatic rings. The molecule has 7 nitrogen and oxygen atoms in total. The number of piperidine rings is 1. The molecule has 0 aliphatic carbocycles. The fourth-order valence-corrected chi connectivity index (χ4v) is 4.53. The molecule has 3 aromatic rings. The van der Waals surface area contributed by atoms with Gasteiger partial charge in [0, 0.05) is 35.2 Å². The lowest BCUT2D eigenvalue weighted by Gasteiger charge is -2.35. The molecule has 8 heteroatoms. The molecule has 32 heavy (non-hydrogen) atoms. The third kappa shape index (κ3) is 4.66. The number of hydrogen-bond acceptors (Lipinski definition) is 5. The number of halogens is 1. The van der Waals surface area contributed by atoms with Crippen LogP contribution in [-0.2, 0) is 9.53 Å². The Morgan fingerprint density at radius 3 is 2.47 bits per heavy atom. The van der Waals surface area contributed by atoms with Crippen LogP contribution in [0.3, 0.4) is 0 Å². The van der Waals surface area contributed by atoms with Gasteiger partial charge in [-0.3, -0.25) is 0 Å². The summed E-state index contributed by atoms with van der Waals surface area (Å²) in [4.78, 5) is 19.8. The van der Waals surface area contributed by atoms with E-state index in [9.17, 15) is 9.90 Å². The highest BCUT2D eigenvalue weighted by atomic mass is 79.9. The summed E-state index contributed by atoms with van der Waals surface area (Å²) in [5.41, 5.74) is 3.06. The average Bonchev–Trinajstić information content (AvgIpc) is 3.15. The molecule has 1 saturated heterocycles. The minimum Gasteiger partial charge on any atom is -0.479 e. The van der Waals surface area contributed by atoms with Crippen LogP contribution in [0.5, 0.6) is 0 Å². The minimum absolute atomic E-state index is 0.458. The van der Waals surface area contributed by atoms with Gasteiger partial charge in [-0.25, -0.2) is 9.78 Å². The largest absolute Gasteiger partial charge is 0.479 e. The van der Waals surface area contributed by atoms with E-state index in [1.165, 1.54) is 0 Å². The third-order valence-corrected chi connectivity index (χ3v) is 6.47. The maximum Gasteiger partial charge on any atom is 0.337 e. The van der Waals surface area contributed by atoms with Crippen molar-refractivity contribution in [1.29, 1.82) is 0 Å². The van der Waals surface area contributed by atoms with E-state index in [0.717, 1.165) is 43.0 Å². The van der Waals surface area contributed by atoms with E-state index in [2.05, 4.69) is 20.8 Å². The van der Waals surface area contributed by atoms with Gasteiger partial charge in [-0.2, -0.15) is 9.61 Å². The summed E-state index contributed by atoms with van der Waals surface area (Å²) in [7, 11) is 0. The SMILES string of the molecule is Cc1nc2cc(-c3ccccc3)nn2c(N2CCC(Br)CC2)c1C(OC(C)(C)C)C(=O)O. The number of nitrogens with zero attached hydrogens (tertiary/aromatic N) is 4. The van der Waals surface area contributed by atoms with Gasteiger partial charge >= 0.3 is 5.97 Å². The quantitative estimate of drug-likeness (QED) is 0.496. The maximum atomic E-state index is 12.4. The molecule has 1 fully saturated rings. The third-order valence-electron chi connectivity index (χ3n) is 5.56. The number of benzene rings is 1. The van der Waals surface area contributed by atoms with Crippen LogP contribution in [0.25, 0.3) is 16.9 Å². The lowest BCUT2D eigenvalue weighted by atomic mass is 10.0. The molecule has 1 atom stereocenters. The molecule has 170 valence electrons. The fourth-order valence-electron chi connectivity index (χ4n) is 4.12. The predicted octanol–water partition coefficient (Wildman–Crippen LogP) is 5.01. The van der Waals surface area contributed by atoms with Gasteiger partial charge < -0.3 is 14.7 Å². The van der Waals surface area contributed by atoms with Crippen LogP contribution in [0, 0.1) is 6.92 Å². The van der Waals surface area contributed by atoms with Crippen LogP contribution in [0.15, 0.2) is 36.4 Å². The van der Waals surface area contributed by atoms with E-state index in [4.69, 9.17) is 14.8 Å². The second kappa shape index (κ2) is 8.83. The number of carbonyl (C=O) groups is 1. The van der Waals surface area contributed by atoms with Gasteiger partial charge in [-0.15, -0.1) is 0 Å². The number of alkyl halides is 1. The molecule has 1 N–H and O–H groups in total. The van der Waals surface area contributed by atoms with E-state index in [1.54, 1.807) is 4.52 Å². The van der Waals surface area contributed by atoms with Gasteiger partial charge in [-0.1, -0.05) is 46.3 Å². The molecule has 1 aromatic carbocycles. The zero-order valence-electron chi connectivity index (χ0n) is 18.9. The number of aryl methyl sites for hydroxylation is 1. The molecule has 0 saturated carbocycles. The highest BCUT2D eigenvalue weighted by Gasteiger charge is 2.35. The Bertz CT molecular complexity index is 1120. The van der Waals surface area contributed by atoms with Gasteiger partial charge in [0.2, 0.25) is 0 Å². The first-order valence-electron chi connectivity index (χ1n) is 10.9. The molecule has 2 aromatic heterocycles. The van der Waals surface area contributed by atoms with Crippen LogP contribution in [-0.4, -0.2) is 49.2 Å². The average molecular weight is 501 g/mol. The highest BCUT2D eigenvalue weighted by Crippen LogP contribution is 2.37. The van der Waals surface area contributed by atoms with Crippen molar-refractivity contribution in [3.05, 3.63) is 47.7 Å². The summed E-state index contributed by atoms with van der Waals surface area (Å²) >= 11 is 3.72. The van der Waals surface area contributed by atoms with Crippen molar-refractivity contribution in [1.82, 2.24) is 14.6 Å². The molecule has 0 amide bonds. The summed E-state index contributed by atoms with van der Waals surface area (Å²) in [6, 6.07) is 11.9. The van der Waals surface area contributed by atoms with Crippen LogP contribution in [0.1, 0.15) is 51.0 Å². The number of aliphatic carboxylic acids is 1. The van der Waals surface area contributed by atoms with Crippen molar-refractivity contribution >= 4 is 33.4 Å². The molecule has 3 heterocycles. The molecule has 1 unspecified atom stereocenters. The number of carboxylic acid groups (broad SMARTS) is 1. The second-order valence-electron chi connectivity index (χ2n) is 9.21.